The van der Waals surface area contributed by atoms with Crippen molar-refractivity contribution in [3.63, 3.8) is 0 Å². The Bertz CT molecular complexity index is 2390. The topological polar surface area (TPSA) is 15.7 Å². The maximum absolute atomic E-state index is 5.81. The molecule has 1 aliphatic carbocycles. The first-order chi connectivity index (χ1) is 26.2. The molecule has 0 saturated heterocycles. The van der Waals surface area contributed by atoms with Crippen molar-refractivity contribution in [2.45, 2.75) is 36.0 Å². The van der Waals surface area contributed by atoms with E-state index >= 15 is 0 Å². The maximum atomic E-state index is 5.81. The van der Waals surface area contributed by atoms with Crippen LogP contribution in [0, 0.1) is 0 Å². The lowest BCUT2D eigenvalue weighted by molar-refractivity contribution is 0.415. The molecule has 1 heterocycles. The van der Waals surface area contributed by atoms with Gasteiger partial charge in [-0.2, -0.15) is 10.0 Å². The molecular formula is C50H48N2OS. The summed E-state index contributed by atoms with van der Waals surface area (Å²) in [6.07, 6.45) is 17.7. The zero-order valence-electron chi connectivity index (χ0n) is 32.1. The molecule has 3 nitrogen and oxygen atoms in total. The molecule has 6 aromatic carbocycles. The highest BCUT2D eigenvalue weighted by molar-refractivity contribution is 8.33. The lowest BCUT2D eigenvalue weighted by atomic mass is 9.81. The highest BCUT2D eigenvalue weighted by atomic mass is 32.3. The monoisotopic (exact) mass is 724 g/mol. The largest absolute Gasteiger partial charge is 0.495 e. The van der Waals surface area contributed by atoms with Gasteiger partial charge in [0, 0.05) is 33.1 Å². The Morgan fingerprint density at radius 3 is 1.94 bits per heavy atom. The number of para-hydroxylation sites is 4. The fourth-order valence-electron chi connectivity index (χ4n) is 8.17. The van der Waals surface area contributed by atoms with Crippen LogP contribution in [0.4, 0.5) is 28.4 Å². The van der Waals surface area contributed by atoms with Crippen LogP contribution in [0.25, 0.3) is 23.3 Å². The Morgan fingerprint density at radius 1 is 0.667 bits per heavy atom. The summed E-state index contributed by atoms with van der Waals surface area (Å²) >= 11 is 0. The van der Waals surface area contributed by atoms with Crippen LogP contribution in [0.15, 0.2) is 168 Å². The van der Waals surface area contributed by atoms with Gasteiger partial charge in [0.15, 0.2) is 0 Å². The van der Waals surface area contributed by atoms with E-state index in [1.165, 1.54) is 60.2 Å². The molecule has 6 aromatic rings. The maximum Gasteiger partial charge on any atom is 0.142 e. The molecule has 0 spiro atoms. The quantitative estimate of drug-likeness (QED) is 0.109. The van der Waals surface area contributed by atoms with E-state index in [4.69, 9.17) is 4.74 Å². The van der Waals surface area contributed by atoms with Crippen LogP contribution >= 0.6 is 10.0 Å². The van der Waals surface area contributed by atoms with E-state index in [0.717, 1.165) is 23.7 Å². The molecule has 4 heteroatoms. The minimum Gasteiger partial charge on any atom is -0.495 e. The van der Waals surface area contributed by atoms with Gasteiger partial charge in [-0.1, -0.05) is 123 Å². The van der Waals surface area contributed by atoms with Gasteiger partial charge in [-0.05, 0) is 113 Å². The minimum absolute atomic E-state index is 0.156. The standard InChI is InChI=1S/C50H48N2OS/c1-7-8-9-16-33-51(44-17-10-13-20-47(44)53-4)39-30-32-41-40-31-27-37(34-42(40)50(2,3)43(41)35-39)24-23-36-25-28-38(29-26-36)52-45-18-11-14-21-48(45)54(5,6)49-22-15-12-19-46(49)52/h7-32,34-35H,33H2,1-6H3/b8-7-,16-9-,24-23+. The van der Waals surface area contributed by atoms with E-state index in [1.54, 1.807) is 7.11 Å². The molecule has 0 radical (unpaired) electrons. The first-order valence-corrected chi connectivity index (χ1v) is 21.1. The Hall–Kier alpha value is -5.71. The number of methoxy groups -OCH3 is 1. The molecule has 2 aliphatic rings. The van der Waals surface area contributed by atoms with Gasteiger partial charge in [0.25, 0.3) is 0 Å². The second-order valence-corrected chi connectivity index (χ2v) is 18.5. The summed E-state index contributed by atoms with van der Waals surface area (Å²) in [7, 11) is 0.632. The zero-order valence-corrected chi connectivity index (χ0v) is 32.9. The number of ether oxygens (including phenoxy) is 1. The van der Waals surface area contributed by atoms with Gasteiger partial charge in [0.2, 0.25) is 0 Å². The van der Waals surface area contributed by atoms with Gasteiger partial charge < -0.3 is 14.5 Å². The molecule has 0 bridgehead atoms. The van der Waals surface area contributed by atoms with Gasteiger partial charge in [0.05, 0.1) is 24.2 Å². The van der Waals surface area contributed by atoms with Crippen molar-refractivity contribution in [3.8, 4) is 16.9 Å². The van der Waals surface area contributed by atoms with Crippen LogP contribution in [0.2, 0.25) is 0 Å². The Morgan fingerprint density at radius 2 is 1.26 bits per heavy atom. The SMILES string of the molecule is C/C=C\C=C/CN(c1ccc2c(c1)C(C)(C)c1cc(/C=C/c3ccc(N4c5ccccc5S(C)(C)c5ccccc54)cc3)ccc1-2)c1ccccc1OC. The Balaban J connectivity index is 1.07. The van der Waals surface area contributed by atoms with Gasteiger partial charge in [0.1, 0.15) is 5.75 Å². The molecule has 0 unspecified atom stereocenters. The third-order valence-electron chi connectivity index (χ3n) is 11.0. The molecule has 0 N–H and O–H groups in total. The van der Waals surface area contributed by atoms with Gasteiger partial charge >= 0.3 is 0 Å². The molecule has 270 valence electrons. The van der Waals surface area contributed by atoms with Crippen LogP contribution < -0.4 is 14.5 Å². The average Bonchev–Trinajstić information content (AvgIpc) is 3.42. The van der Waals surface area contributed by atoms with Crippen LogP contribution in [0.3, 0.4) is 0 Å². The smallest absolute Gasteiger partial charge is 0.142 e. The third kappa shape index (κ3) is 6.15. The van der Waals surface area contributed by atoms with Crippen LogP contribution in [0.5, 0.6) is 5.75 Å². The molecule has 0 saturated carbocycles. The highest BCUT2D eigenvalue weighted by Gasteiger charge is 2.36. The first kappa shape index (κ1) is 35.3. The predicted molar refractivity (Wildman–Crippen MR) is 234 cm³/mol. The van der Waals surface area contributed by atoms with Crippen molar-refractivity contribution in [1.82, 2.24) is 0 Å². The predicted octanol–water partition coefficient (Wildman–Crippen LogP) is 13.7. The lowest BCUT2D eigenvalue weighted by Crippen LogP contribution is -2.20. The Labute approximate surface area is 322 Å². The first-order valence-electron chi connectivity index (χ1n) is 18.7. The highest BCUT2D eigenvalue weighted by Crippen LogP contribution is 2.67. The number of nitrogens with zero attached hydrogens (tertiary/aromatic N) is 2. The number of fused-ring (bicyclic) bond motifs is 5. The van der Waals surface area contributed by atoms with E-state index in [0.29, 0.717) is 0 Å². The summed E-state index contributed by atoms with van der Waals surface area (Å²) in [5.74, 6) is 0.859. The average molecular weight is 725 g/mol. The number of benzene rings is 6. The number of hydrogen-bond donors (Lipinski definition) is 0. The van der Waals surface area contributed by atoms with Crippen LogP contribution in [-0.2, 0) is 5.41 Å². The number of hydrogen-bond acceptors (Lipinski definition) is 3. The summed E-state index contributed by atoms with van der Waals surface area (Å²) in [6.45, 7) is 7.47. The summed E-state index contributed by atoms with van der Waals surface area (Å²) in [5.41, 5.74) is 13.5. The van der Waals surface area contributed by atoms with E-state index in [9.17, 15) is 0 Å². The van der Waals surface area contributed by atoms with E-state index in [1.807, 2.05) is 25.1 Å². The van der Waals surface area contributed by atoms with Crippen molar-refractivity contribution >= 4 is 50.6 Å². The number of anilines is 5. The van der Waals surface area contributed by atoms with E-state index < -0.39 is 10.0 Å². The molecule has 1 aliphatic heterocycles. The number of rotatable bonds is 9. The minimum atomic E-state index is -1.11. The van der Waals surface area contributed by atoms with Crippen molar-refractivity contribution in [2.75, 3.05) is 36.0 Å². The molecule has 0 atom stereocenters. The van der Waals surface area contributed by atoms with Gasteiger partial charge in [-0.3, -0.25) is 0 Å². The van der Waals surface area contributed by atoms with Crippen molar-refractivity contribution in [1.29, 1.82) is 0 Å². The fraction of sp³-hybridized carbons (Fsp3) is 0.160. The molecule has 0 aromatic heterocycles. The normalized spacial score (nSPS) is 15.6. The zero-order chi connectivity index (χ0) is 37.5. The van der Waals surface area contributed by atoms with Crippen LogP contribution in [-0.4, -0.2) is 26.2 Å². The summed E-state index contributed by atoms with van der Waals surface area (Å²) < 4.78 is 5.81. The summed E-state index contributed by atoms with van der Waals surface area (Å²) in [6, 6.07) is 48.9. The lowest BCUT2D eigenvalue weighted by Gasteiger charge is -2.45. The molecule has 0 amide bonds. The summed E-state index contributed by atoms with van der Waals surface area (Å²) in [5, 5.41) is 0. The molecular weight excluding hydrogens is 677 g/mol. The van der Waals surface area contributed by atoms with E-state index in [2.05, 4.69) is 188 Å². The van der Waals surface area contributed by atoms with Crippen molar-refractivity contribution in [3.05, 3.63) is 180 Å². The molecule has 8 rings (SSSR count). The Kier molecular flexibility index (Phi) is 9.33. The number of allylic oxidation sites excluding steroid dienone is 3. The molecule has 0 fully saturated rings. The fourth-order valence-corrected chi connectivity index (χ4v) is 10.6. The van der Waals surface area contributed by atoms with E-state index in [-0.39, 0.29) is 5.41 Å². The third-order valence-corrected chi connectivity index (χ3v) is 13.9. The van der Waals surface area contributed by atoms with Gasteiger partial charge in [-0.25, -0.2) is 0 Å². The van der Waals surface area contributed by atoms with Crippen molar-refractivity contribution < 1.29 is 4.74 Å². The molecule has 54 heavy (non-hydrogen) atoms. The van der Waals surface area contributed by atoms with Crippen molar-refractivity contribution in [2.24, 2.45) is 0 Å². The second-order valence-electron chi connectivity index (χ2n) is 14.9. The van der Waals surface area contributed by atoms with Gasteiger partial charge in [-0.15, -0.1) is 0 Å². The summed E-state index contributed by atoms with van der Waals surface area (Å²) in [4.78, 5) is 7.62. The second kappa shape index (κ2) is 14.3. The van der Waals surface area contributed by atoms with Crippen LogP contribution in [0.1, 0.15) is 43.0 Å².